The molecule has 3 aliphatic heterocycles. The number of carboxylic acids is 2. The van der Waals surface area contributed by atoms with Gasteiger partial charge in [0.25, 0.3) is 0 Å². The number of aromatic hydroxyl groups is 2. The number of amides is 5. The topological polar surface area (TPSA) is 299 Å². The molecule has 504 valence electrons. The molecule has 4 aliphatic rings. The summed E-state index contributed by atoms with van der Waals surface area (Å²) in [6.45, 7) is 3.65. The summed E-state index contributed by atoms with van der Waals surface area (Å²) in [7, 11) is 5.82. The first-order valence-corrected chi connectivity index (χ1v) is 33.1. The maximum absolute atomic E-state index is 12.8. The van der Waals surface area contributed by atoms with Crippen molar-refractivity contribution in [3.05, 3.63) is 195 Å². The Labute approximate surface area is 569 Å². The van der Waals surface area contributed by atoms with Crippen molar-refractivity contribution in [1.82, 2.24) is 25.3 Å². The van der Waals surface area contributed by atoms with Crippen LogP contribution in [0.1, 0.15) is 92.4 Å². The molecule has 24 heteroatoms. The zero-order valence-electron chi connectivity index (χ0n) is 54.1. The minimum Gasteiger partial charge on any atom is -0.507 e. The fourth-order valence-electron chi connectivity index (χ4n) is 11.8. The molecule has 97 heavy (non-hydrogen) atoms. The Kier molecular flexibility index (Phi) is 25.0. The van der Waals surface area contributed by atoms with E-state index in [1.165, 1.54) is 59.9 Å². The quantitative estimate of drug-likeness (QED) is 0.0417. The van der Waals surface area contributed by atoms with Crippen molar-refractivity contribution < 1.29 is 68.2 Å². The highest BCUT2D eigenvalue weighted by atomic mass is 32.2. The van der Waals surface area contributed by atoms with Gasteiger partial charge in [-0.2, -0.15) is 0 Å². The van der Waals surface area contributed by atoms with E-state index in [1.807, 2.05) is 46.2 Å². The van der Waals surface area contributed by atoms with Crippen molar-refractivity contribution >= 4 is 116 Å². The van der Waals surface area contributed by atoms with Crippen molar-refractivity contribution in [1.29, 1.82) is 0 Å². The number of likely N-dealkylation sites (N-methyl/N-ethyl adjacent to an activating group) is 1. The molecule has 8 aromatic rings. The Hall–Kier alpha value is -10.6. The number of methoxy groups -OCH3 is 3. The van der Waals surface area contributed by atoms with Gasteiger partial charge in [0.2, 0.25) is 23.7 Å². The Morgan fingerprint density at radius 1 is 0.701 bits per heavy atom. The predicted octanol–water partition coefficient (Wildman–Crippen LogP) is 12.5. The molecule has 1 aliphatic carbocycles. The molecule has 12 rings (SSSR count). The monoisotopic (exact) mass is 1350 g/mol. The minimum absolute atomic E-state index is 0.0407. The third kappa shape index (κ3) is 18.7. The Morgan fingerprint density at radius 3 is 1.92 bits per heavy atom. The molecule has 1 unspecified atom stereocenters. The van der Waals surface area contributed by atoms with Crippen molar-refractivity contribution in [2.24, 2.45) is 15.9 Å². The average Bonchev–Trinajstić information content (AvgIpc) is 0.836. The van der Waals surface area contributed by atoms with Gasteiger partial charge in [-0.25, -0.2) is 24.2 Å². The summed E-state index contributed by atoms with van der Waals surface area (Å²) in [5.74, 6) is -2.44. The molecule has 1 aromatic heterocycles. The second kappa shape index (κ2) is 34.2. The van der Waals surface area contributed by atoms with Crippen LogP contribution in [0.2, 0.25) is 0 Å². The van der Waals surface area contributed by atoms with Gasteiger partial charge in [-0.15, -0.1) is 11.3 Å². The smallest absolute Gasteiger partial charge is 0.413 e. The highest BCUT2D eigenvalue weighted by Gasteiger charge is 2.40. The van der Waals surface area contributed by atoms with E-state index in [1.54, 1.807) is 78.1 Å². The Balaban J connectivity index is 0.000000156. The minimum atomic E-state index is -1.28. The van der Waals surface area contributed by atoms with Crippen LogP contribution in [0.15, 0.2) is 177 Å². The van der Waals surface area contributed by atoms with Gasteiger partial charge >= 0.3 is 24.1 Å². The number of carbonyl (C=O) groups is 7. The van der Waals surface area contributed by atoms with Crippen LogP contribution in [0.25, 0.3) is 27.6 Å². The van der Waals surface area contributed by atoms with E-state index in [0.717, 1.165) is 81.6 Å². The standard InChI is InChI=1S/C23H16O6.C20H22N4O6S.C19H24N2O2.C11H14N2S/c24-20-16(14-7-3-1-5-12(14)9-18(20)22(26)27)11-17-15-8-4-2-6-13(15)10-19(21(17)25)23(28)29;1-28-12-17(25)21-16-11-14(31-13-7-5-4-6-8-13)9-10-15(16)22-18(23-19(26)29-2)24-20(27)30-3;22-18-13-20(19(23)15-7-2-1-3-8-15)12-17-16-9-5-4-6-14(16)10-11-21(17)18;1-13-8-3-7-12-11(13)6-5-10-4-2-9-14-10/h1-10,24-25H,11H2,(H,26,27)(H,28,29);4-11H,12H2,1-3H3,(H,21,25)(H2,22,23,24,26,27);4-6,9,15,17H,1-3,7-8,10-13H2;2,4-6,9H,3,7-8H2,1H3/b;;;6-5+. The van der Waals surface area contributed by atoms with Crippen LogP contribution in [0.5, 0.6) is 11.5 Å². The molecule has 0 bridgehead atoms. The summed E-state index contributed by atoms with van der Waals surface area (Å²) < 4.78 is 13.9. The second-order valence-corrected chi connectivity index (χ2v) is 25.1. The number of rotatable bonds is 13. The van der Waals surface area contributed by atoms with Crippen LogP contribution >= 0.6 is 23.1 Å². The van der Waals surface area contributed by atoms with Crippen LogP contribution < -0.4 is 16.0 Å². The molecule has 7 aromatic carbocycles. The number of aliphatic imine (C=N–C) groups is 2. The number of benzene rings is 7. The first kappa shape index (κ1) is 70.7. The molecule has 0 spiro atoms. The molecule has 5 amide bonds. The number of guanidine groups is 1. The van der Waals surface area contributed by atoms with Crippen LogP contribution in [-0.2, 0) is 41.4 Å². The number of phenols is 2. The largest absolute Gasteiger partial charge is 0.507 e. The number of carbonyl (C=O) groups excluding carboxylic acids is 5. The summed E-state index contributed by atoms with van der Waals surface area (Å²) in [6, 6.07) is 44.2. The van der Waals surface area contributed by atoms with E-state index in [-0.39, 0.29) is 66.1 Å². The van der Waals surface area contributed by atoms with Gasteiger partial charge in [0.1, 0.15) is 35.1 Å². The molecule has 2 fully saturated rings. The lowest BCUT2D eigenvalue weighted by Gasteiger charge is -2.45. The first-order valence-electron chi connectivity index (χ1n) is 31.4. The number of carboxylic acid groups (broad SMARTS) is 2. The van der Waals surface area contributed by atoms with E-state index >= 15 is 0 Å². The SMILES string of the molecule is CN1CCCN=C1/C=C/c1cccs1.COCC(=O)Nc1cc(Sc2ccccc2)ccc1N=C(NC(=O)OC)NC(=O)OC.O=C(C1CCCCC1)N1CC(=O)N2CCc3ccccc3C2C1.O=C(O)c1cc2ccccc2c(Cc2c(O)c(C(=O)O)cc3ccccc23)c1O. The van der Waals surface area contributed by atoms with Gasteiger partial charge in [0.05, 0.1) is 38.2 Å². The number of nitrogens with one attached hydrogen (secondary N) is 3. The lowest BCUT2D eigenvalue weighted by molar-refractivity contribution is -0.152. The van der Waals surface area contributed by atoms with E-state index in [2.05, 4.69) is 95.2 Å². The summed E-state index contributed by atoms with van der Waals surface area (Å²) in [6.07, 6.45) is 10.1. The van der Waals surface area contributed by atoms with Gasteiger partial charge in [-0.1, -0.05) is 128 Å². The number of alkyl carbamates (subject to hydrolysis) is 2. The first-order chi connectivity index (χ1) is 46.9. The molecule has 22 nitrogen and oxygen atoms in total. The molecule has 1 saturated carbocycles. The lowest BCUT2D eigenvalue weighted by Crippen LogP contribution is -2.56. The van der Waals surface area contributed by atoms with E-state index in [9.17, 15) is 54.0 Å². The number of nitrogens with zero attached hydrogens (tertiary/aromatic N) is 5. The fraction of sp³-hybridized carbons (Fsp3) is 0.274. The second-order valence-electron chi connectivity index (χ2n) is 23.0. The number of anilines is 1. The zero-order chi connectivity index (χ0) is 69.0. The number of aromatic carboxylic acids is 2. The molecule has 0 radical (unpaired) electrons. The van der Waals surface area contributed by atoms with Gasteiger partial charge in [-0.05, 0) is 124 Å². The molecule has 1 saturated heterocycles. The number of hydrogen-bond donors (Lipinski definition) is 7. The number of ether oxygens (including phenoxy) is 3. The van der Waals surface area contributed by atoms with E-state index < -0.39 is 41.5 Å². The summed E-state index contributed by atoms with van der Waals surface area (Å²) >= 11 is 3.24. The average molecular weight is 1350 g/mol. The van der Waals surface area contributed by atoms with E-state index in [4.69, 9.17) is 4.74 Å². The highest BCUT2D eigenvalue weighted by Crippen LogP contribution is 2.40. The number of fused-ring (bicyclic) bond motifs is 5. The van der Waals surface area contributed by atoms with Gasteiger partial charge < -0.3 is 54.7 Å². The predicted molar refractivity (Wildman–Crippen MR) is 374 cm³/mol. The van der Waals surface area contributed by atoms with Crippen LogP contribution in [-0.4, -0.2) is 156 Å². The Morgan fingerprint density at radius 2 is 1.32 bits per heavy atom. The normalized spacial score (nSPS) is 14.9. The summed E-state index contributed by atoms with van der Waals surface area (Å²) in [5.41, 5.74) is 3.28. The van der Waals surface area contributed by atoms with Gasteiger partial charge in [-0.3, -0.25) is 30.0 Å². The number of thiophene rings is 1. The molecule has 4 heterocycles. The van der Waals surface area contributed by atoms with E-state index in [0.29, 0.717) is 44.9 Å². The maximum Gasteiger partial charge on any atom is 0.413 e. The highest BCUT2D eigenvalue weighted by molar-refractivity contribution is 7.99. The van der Waals surface area contributed by atoms with Crippen molar-refractivity contribution in [2.45, 2.75) is 67.2 Å². The van der Waals surface area contributed by atoms with Gasteiger partial charge in [0, 0.05) is 78.5 Å². The van der Waals surface area contributed by atoms with Crippen LogP contribution in [0.4, 0.5) is 21.0 Å². The third-order valence-electron chi connectivity index (χ3n) is 16.6. The molecule has 7 N–H and O–H groups in total. The fourth-order valence-corrected chi connectivity index (χ4v) is 13.3. The number of hydrogen-bond acceptors (Lipinski definition) is 17. The molecular weight excluding hydrogens is 1280 g/mol. The van der Waals surface area contributed by atoms with Crippen molar-refractivity contribution in [3.8, 4) is 11.5 Å². The molecule has 1 atom stereocenters. The number of amidine groups is 1. The van der Waals surface area contributed by atoms with Crippen LogP contribution in [0, 0.1) is 5.92 Å². The van der Waals surface area contributed by atoms with Crippen molar-refractivity contribution in [2.75, 3.05) is 73.0 Å². The zero-order valence-corrected chi connectivity index (χ0v) is 55.7. The number of piperazine rings is 1. The maximum atomic E-state index is 12.8. The third-order valence-corrected chi connectivity index (χ3v) is 18.4. The Bertz CT molecular complexity index is 4130. The lowest BCUT2D eigenvalue weighted by atomic mass is 9.87. The van der Waals surface area contributed by atoms with Gasteiger partial charge in [0.15, 0.2) is 0 Å². The molecular formula is C73H76N8O14S2. The van der Waals surface area contributed by atoms with Crippen molar-refractivity contribution in [3.63, 3.8) is 0 Å². The van der Waals surface area contributed by atoms with Crippen LogP contribution in [0.3, 0.4) is 0 Å². The summed E-state index contributed by atoms with van der Waals surface area (Å²) in [5, 5.41) is 52.1. The summed E-state index contributed by atoms with van der Waals surface area (Å²) in [4.78, 5) is 102.